The van der Waals surface area contributed by atoms with Crippen molar-refractivity contribution in [3.8, 4) is 5.75 Å². The zero-order valence-corrected chi connectivity index (χ0v) is 8.99. The summed E-state index contributed by atoms with van der Waals surface area (Å²) < 4.78 is 5.65. The molecule has 1 aliphatic rings. The topological polar surface area (TPSA) is 41.5 Å². The molecular weight excluding hydrogens is 190 g/mol. The lowest BCUT2D eigenvalue weighted by Gasteiger charge is -2.37. The molecule has 0 bridgehead atoms. The lowest BCUT2D eigenvalue weighted by molar-refractivity contribution is -0.0406. The number of hydrogen-bond donors (Lipinski definition) is 2. The standard InChI is InChI=1S/C12H17NO2/c1-15-12(6-8-13-9-7-12)10-4-2-3-5-11(10)14/h2-5,13-14H,6-9H2,1H3. The van der Waals surface area contributed by atoms with Gasteiger partial charge in [0.05, 0.1) is 5.60 Å². The highest BCUT2D eigenvalue weighted by Gasteiger charge is 2.35. The van der Waals surface area contributed by atoms with Crippen LogP contribution >= 0.6 is 0 Å². The largest absolute Gasteiger partial charge is 0.508 e. The molecule has 1 fully saturated rings. The number of para-hydroxylation sites is 1. The Morgan fingerprint density at radius 1 is 1.27 bits per heavy atom. The number of nitrogens with one attached hydrogen (secondary N) is 1. The van der Waals surface area contributed by atoms with Crippen molar-refractivity contribution in [1.29, 1.82) is 0 Å². The van der Waals surface area contributed by atoms with Gasteiger partial charge in [-0.05, 0) is 32.0 Å². The van der Waals surface area contributed by atoms with Crippen molar-refractivity contribution in [2.75, 3.05) is 20.2 Å². The summed E-state index contributed by atoms with van der Waals surface area (Å²) >= 11 is 0. The molecule has 0 aromatic heterocycles. The number of hydrogen-bond acceptors (Lipinski definition) is 3. The number of rotatable bonds is 2. The lowest BCUT2D eigenvalue weighted by Crippen LogP contribution is -2.41. The summed E-state index contributed by atoms with van der Waals surface area (Å²) in [6.45, 7) is 1.87. The fraction of sp³-hybridized carbons (Fsp3) is 0.500. The molecule has 0 unspecified atom stereocenters. The van der Waals surface area contributed by atoms with E-state index < -0.39 is 0 Å². The molecule has 1 heterocycles. The molecule has 0 saturated carbocycles. The van der Waals surface area contributed by atoms with Crippen molar-refractivity contribution in [2.24, 2.45) is 0 Å². The Hall–Kier alpha value is -1.06. The van der Waals surface area contributed by atoms with Crippen LogP contribution < -0.4 is 5.32 Å². The highest BCUT2D eigenvalue weighted by atomic mass is 16.5. The van der Waals surface area contributed by atoms with Gasteiger partial charge in [0, 0.05) is 12.7 Å². The smallest absolute Gasteiger partial charge is 0.121 e. The third-order valence-corrected chi connectivity index (χ3v) is 3.20. The van der Waals surface area contributed by atoms with Crippen molar-refractivity contribution in [3.05, 3.63) is 29.8 Å². The molecule has 0 atom stereocenters. The summed E-state index contributed by atoms with van der Waals surface area (Å²) in [5.74, 6) is 0.334. The molecule has 0 aliphatic carbocycles. The van der Waals surface area contributed by atoms with E-state index in [0.29, 0.717) is 5.75 Å². The van der Waals surface area contributed by atoms with Crippen LogP contribution in [0.25, 0.3) is 0 Å². The van der Waals surface area contributed by atoms with E-state index in [0.717, 1.165) is 31.5 Å². The Balaban J connectivity index is 2.36. The molecule has 82 valence electrons. The predicted octanol–water partition coefficient (Wildman–Crippen LogP) is 1.62. The first-order chi connectivity index (χ1) is 7.28. The highest BCUT2D eigenvalue weighted by Crippen LogP contribution is 2.38. The van der Waals surface area contributed by atoms with Crippen LogP contribution in [0.1, 0.15) is 18.4 Å². The Morgan fingerprint density at radius 2 is 1.93 bits per heavy atom. The summed E-state index contributed by atoms with van der Waals surface area (Å²) in [6.07, 6.45) is 1.81. The average Bonchev–Trinajstić information content (AvgIpc) is 2.30. The molecule has 1 aromatic carbocycles. The SMILES string of the molecule is COC1(c2ccccc2O)CCNCC1. The number of piperidine rings is 1. The quantitative estimate of drug-likeness (QED) is 0.774. The van der Waals surface area contributed by atoms with Gasteiger partial charge in [0.25, 0.3) is 0 Å². The van der Waals surface area contributed by atoms with Gasteiger partial charge in [0.1, 0.15) is 5.75 Å². The lowest BCUT2D eigenvalue weighted by atomic mass is 9.84. The Kier molecular flexibility index (Phi) is 2.93. The summed E-state index contributed by atoms with van der Waals surface area (Å²) in [4.78, 5) is 0. The van der Waals surface area contributed by atoms with Crippen LogP contribution in [0.4, 0.5) is 0 Å². The van der Waals surface area contributed by atoms with Gasteiger partial charge in [-0.25, -0.2) is 0 Å². The first-order valence-electron chi connectivity index (χ1n) is 5.33. The predicted molar refractivity (Wildman–Crippen MR) is 58.9 cm³/mol. The molecular formula is C12H17NO2. The van der Waals surface area contributed by atoms with Gasteiger partial charge in [-0.1, -0.05) is 18.2 Å². The zero-order valence-electron chi connectivity index (χ0n) is 8.99. The van der Waals surface area contributed by atoms with Gasteiger partial charge in [0.2, 0.25) is 0 Å². The van der Waals surface area contributed by atoms with E-state index in [1.165, 1.54) is 0 Å². The van der Waals surface area contributed by atoms with Gasteiger partial charge < -0.3 is 15.2 Å². The van der Waals surface area contributed by atoms with Crippen molar-refractivity contribution in [1.82, 2.24) is 5.32 Å². The molecule has 1 aliphatic heterocycles. The van der Waals surface area contributed by atoms with Crippen LogP contribution in [0.3, 0.4) is 0 Å². The second kappa shape index (κ2) is 4.21. The number of phenols is 1. The van der Waals surface area contributed by atoms with Gasteiger partial charge in [-0.15, -0.1) is 0 Å². The maximum Gasteiger partial charge on any atom is 0.121 e. The van der Waals surface area contributed by atoms with E-state index in [1.807, 2.05) is 18.2 Å². The van der Waals surface area contributed by atoms with Crippen LogP contribution in [0, 0.1) is 0 Å². The molecule has 0 amide bonds. The summed E-state index contributed by atoms with van der Waals surface area (Å²) in [7, 11) is 1.72. The van der Waals surface area contributed by atoms with E-state index in [2.05, 4.69) is 5.32 Å². The third-order valence-electron chi connectivity index (χ3n) is 3.20. The molecule has 1 aromatic rings. The van der Waals surface area contributed by atoms with E-state index in [1.54, 1.807) is 13.2 Å². The van der Waals surface area contributed by atoms with E-state index >= 15 is 0 Å². The molecule has 1 saturated heterocycles. The number of ether oxygens (including phenoxy) is 1. The summed E-state index contributed by atoms with van der Waals surface area (Å²) in [6, 6.07) is 7.45. The van der Waals surface area contributed by atoms with Gasteiger partial charge in [-0.2, -0.15) is 0 Å². The van der Waals surface area contributed by atoms with Gasteiger partial charge in [0.15, 0.2) is 0 Å². The van der Waals surface area contributed by atoms with Crippen molar-refractivity contribution in [3.63, 3.8) is 0 Å². The minimum absolute atomic E-state index is 0.309. The first-order valence-corrected chi connectivity index (χ1v) is 5.33. The minimum Gasteiger partial charge on any atom is -0.508 e. The fourth-order valence-corrected chi connectivity index (χ4v) is 2.27. The minimum atomic E-state index is -0.309. The van der Waals surface area contributed by atoms with Crippen LogP contribution in [-0.4, -0.2) is 25.3 Å². The van der Waals surface area contributed by atoms with E-state index in [4.69, 9.17) is 4.74 Å². The monoisotopic (exact) mass is 207 g/mol. The van der Waals surface area contributed by atoms with Gasteiger partial charge in [-0.3, -0.25) is 0 Å². The molecule has 0 radical (unpaired) electrons. The average molecular weight is 207 g/mol. The summed E-state index contributed by atoms with van der Waals surface area (Å²) in [5, 5.41) is 13.2. The zero-order chi connectivity index (χ0) is 10.7. The normalized spacial score (nSPS) is 20.1. The van der Waals surface area contributed by atoms with Crippen LogP contribution in [0.2, 0.25) is 0 Å². The number of methoxy groups -OCH3 is 1. The first kappa shape index (κ1) is 10.5. The maximum absolute atomic E-state index is 9.86. The number of phenolic OH excluding ortho intramolecular Hbond substituents is 1. The fourth-order valence-electron chi connectivity index (χ4n) is 2.27. The second-order valence-corrected chi connectivity index (χ2v) is 3.97. The molecule has 3 nitrogen and oxygen atoms in total. The summed E-state index contributed by atoms with van der Waals surface area (Å²) in [5.41, 5.74) is 0.602. The molecule has 0 spiro atoms. The highest BCUT2D eigenvalue weighted by molar-refractivity contribution is 5.37. The van der Waals surface area contributed by atoms with E-state index in [-0.39, 0.29) is 5.60 Å². The van der Waals surface area contributed by atoms with Crippen molar-refractivity contribution >= 4 is 0 Å². The number of benzene rings is 1. The second-order valence-electron chi connectivity index (χ2n) is 3.97. The Morgan fingerprint density at radius 3 is 2.53 bits per heavy atom. The Bertz CT molecular complexity index is 332. The van der Waals surface area contributed by atoms with Crippen LogP contribution in [0.5, 0.6) is 5.75 Å². The van der Waals surface area contributed by atoms with Crippen LogP contribution in [-0.2, 0) is 10.3 Å². The molecule has 2 rings (SSSR count). The Labute approximate surface area is 90.1 Å². The van der Waals surface area contributed by atoms with Crippen molar-refractivity contribution in [2.45, 2.75) is 18.4 Å². The third kappa shape index (κ3) is 1.85. The molecule has 3 heteroatoms. The molecule has 15 heavy (non-hydrogen) atoms. The van der Waals surface area contributed by atoms with Crippen LogP contribution in [0.15, 0.2) is 24.3 Å². The maximum atomic E-state index is 9.86. The van der Waals surface area contributed by atoms with E-state index in [9.17, 15) is 5.11 Å². The number of aromatic hydroxyl groups is 1. The van der Waals surface area contributed by atoms with Gasteiger partial charge >= 0.3 is 0 Å². The van der Waals surface area contributed by atoms with Crippen molar-refractivity contribution < 1.29 is 9.84 Å². The molecule has 2 N–H and O–H groups in total.